The van der Waals surface area contributed by atoms with Crippen LogP contribution in [0.2, 0.25) is 5.15 Å². The Balaban J connectivity index is 2.68. The molecule has 0 saturated heterocycles. The first kappa shape index (κ1) is 8.37. The second-order valence-corrected chi connectivity index (χ2v) is 2.78. The van der Waals surface area contributed by atoms with Gasteiger partial charge in [0, 0.05) is 17.8 Å². The minimum absolute atomic E-state index is 0.136. The van der Waals surface area contributed by atoms with Gasteiger partial charge >= 0.3 is 6.55 Å². The van der Waals surface area contributed by atoms with Crippen LogP contribution in [0.15, 0.2) is 18.5 Å². The van der Waals surface area contributed by atoms with Gasteiger partial charge in [0.05, 0.1) is 0 Å². The van der Waals surface area contributed by atoms with Crippen LogP contribution in [-0.4, -0.2) is 14.8 Å². The maximum atomic E-state index is 12.2. The molecule has 0 aliphatic carbocycles. The van der Waals surface area contributed by atoms with Crippen molar-refractivity contribution in [1.29, 1.82) is 0 Å². The van der Waals surface area contributed by atoms with E-state index in [0.717, 1.165) is 0 Å². The van der Waals surface area contributed by atoms with Crippen molar-refractivity contribution in [2.45, 2.75) is 6.55 Å². The van der Waals surface area contributed by atoms with Crippen LogP contribution in [0, 0.1) is 0 Å². The van der Waals surface area contributed by atoms with E-state index in [1.807, 2.05) is 0 Å². The lowest BCUT2D eigenvalue weighted by Gasteiger charge is -1.94. The molecule has 2 rings (SSSR count). The molecular formula is C7H4ClF2N3. The highest BCUT2D eigenvalue weighted by molar-refractivity contribution is 6.33. The van der Waals surface area contributed by atoms with Crippen molar-refractivity contribution in [3.8, 4) is 0 Å². The molecule has 0 fully saturated rings. The number of nitrogens with zero attached hydrogens (tertiary/aromatic N) is 3. The maximum absolute atomic E-state index is 12.2. The van der Waals surface area contributed by atoms with Gasteiger partial charge < -0.3 is 0 Å². The Kier molecular flexibility index (Phi) is 1.88. The molecule has 0 bridgehead atoms. The highest BCUT2D eigenvalue weighted by atomic mass is 35.5. The van der Waals surface area contributed by atoms with Gasteiger partial charge in [-0.3, -0.25) is 0 Å². The molecule has 0 atom stereocenters. The van der Waals surface area contributed by atoms with Gasteiger partial charge in [-0.05, 0) is 6.07 Å². The predicted molar refractivity (Wildman–Crippen MR) is 43.8 cm³/mol. The van der Waals surface area contributed by atoms with Crippen LogP contribution in [0.25, 0.3) is 10.9 Å². The summed E-state index contributed by atoms with van der Waals surface area (Å²) in [7, 11) is 0. The molecule has 68 valence electrons. The lowest BCUT2D eigenvalue weighted by Crippen LogP contribution is -1.97. The van der Waals surface area contributed by atoms with E-state index in [2.05, 4.69) is 10.1 Å². The van der Waals surface area contributed by atoms with E-state index in [-0.39, 0.29) is 5.15 Å². The van der Waals surface area contributed by atoms with E-state index in [9.17, 15) is 8.78 Å². The van der Waals surface area contributed by atoms with E-state index < -0.39 is 6.55 Å². The number of hydrogen-bond donors (Lipinski definition) is 0. The van der Waals surface area contributed by atoms with Crippen LogP contribution in [0.1, 0.15) is 6.55 Å². The highest BCUT2D eigenvalue weighted by Gasteiger charge is 2.10. The van der Waals surface area contributed by atoms with Gasteiger partial charge in [-0.15, -0.1) is 0 Å². The number of halogens is 3. The molecule has 0 unspecified atom stereocenters. The molecule has 0 aliphatic rings. The van der Waals surface area contributed by atoms with Crippen LogP contribution in [-0.2, 0) is 0 Å². The summed E-state index contributed by atoms with van der Waals surface area (Å²) in [6, 6.07) is 1.58. The fourth-order valence-corrected chi connectivity index (χ4v) is 1.24. The standard InChI is InChI=1S/C7H4ClF2N3/c8-6-5-4(1-2-11-6)3-13(12-5)7(9)10/h1-3,7H. The summed E-state index contributed by atoms with van der Waals surface area (Å²) in [4.78, 5) is 3.72. The third kappa shape index (κ3) is 1.35. The second-order valence-electron chi connectivity index (χ2n) is 2.43. The van der Waals surface area contributed by atoms with Gasteiger partial charge in [0.15, 0.2) is 5.15 Å². The summed E-state index contributed by atoms with van der Waals surface area (Å²) in [6.45, 7) is -2.65. The van der Waals surface area contributed by atoms with Crippen molar-refractivity contribution in [3.05, 3.63) is 23.6 Å². The van der Waals surface area contributed by atoms with Crippen molar-refractivity contribution in [3.63, 3.8) is 0 Å². The first-order valence-electron chi connectivity index (χ1n) is 3.46. The van der Waals surface area contributed by atoms with Crippen molar-refractivity contribution < 1.29 is 8.78 Å². The zero-order chi connectivity index (χ0) is 9.42. The zero-order valence-corrected chi connectivity index (χ0v) is 7.04. The lowest BCUT2D eigenvalue weighted by atomic mass is 10.3. The Morgan fingerprint density at radius 2 is 2.23 bits per heavy atom. The van der Waals surface area contributed by atoms with Crippen LogP contribution in [0.3, 0.4) is 0 Å². The van der Waals surface area contributed by atoms with E-state index in [0.29, 0.717) is 15.6 Å². The monoisotopic (exact) mass is 203 g/mol. The predicted octanol–water partition coefficient (Wildman–Crippen LogP) is 2.48. The molecule has 13 heavy (non-hydrogen) atoms. The summed E-state index contributed by atoms with van der Waals surface area (Å²) in [5, 5.41) is 4.28. The molecule has 0 amide bonds. The fraction of sp³-hybridized carbons (Fsp3) is 0.143. The van der Waals surface area contributed by atoms with E-state index >= 15 is 0 Å². The molecule has 6 heteroatoms. The first-order valence-corrected chi connectivity index (χ1v) is 3.84. The molecule has 0 radical (unpaired) electrons. The van der Waals surface area contributed by atoms with Crippen LogP contribution >= 0.6 is 11.6 Å². The highest BCUT2D eigenvalue weighted by Crippen LogP contribution is 2.21. The third-order valence-electron chi connectivity index (χ3n) is 1.60. The number of alkyl halides is 2. The Hall–Kier alpha value is -1.23. The summed E-state index contributed by atoms with van der Waals surface area (Å²) in [6.07, 6.45) is 2.68. The third-order valence-corrected chi connectivity index (χ3v) is 1.87. The topological polar surface area (TPSA) is 30.7 Å². The molecule has 0 aliphatic heterocycles. The summed E-state index contributed by atoms with van der Waals surface area (Å²) < 4.78 is 24.9. The van der Waals surface area contributed by atoms with Crippen molar-refractivity contribution >= 4 is 22.5 Å². The minimum Gasteiger partial charge on any atom is -0.242 e. The number of rotatable bonds is 1. The molecule has 0 aromatic carbocycles. The smallest absolute Gasteiger partial charge is 0.242 e. The van der Waals surface area contributed by atoms with Gasteiger partial charge in [-0.2, -0.15) is 13.9 Å². The van der Waals surface area contributed by atoms with E-state index in [1.165, 1.54) is 12.4 Å². The molecule has 0 saturated carbocycles. The SMILES string of the molecule is FC(F)n1cc2ccnc(Cl)c2n1. The Morgan fingerprint density at radius 1 is 1.46 bits per heavy atom. The summed E-state index contributed by atoms with van der Waals surface area (Å²) in [5.74, 6) is 0. The number of hydrogen-bond acceptors (Lipinski definition) is 2. The average molecular weight is 204 g/mol. The van der Waals surface area contributed by atoms with Gasteiger partial charge in [-0.1, -0.05) is 11.6 Å². The van der Waals surface area contributed by atoms with Gasteiger partial charge in [-0.25, -0.2) is 9.67 Å². The molecule has 2 aromatic rings. The maximum Gasteiger partial charge on any atom is 0.333 e. The van der Waals surface area contributed by atoms with Gasteiger partial charge in [0.2, 0.25) is 0 Å². The van der Waals surface area contributed by atoms with E-state index in [1.54, 1.807) is 6.07 Å². The van der Waals surface area contributed by atoms with E-state index in [4.69, 9.17) is 11.6 Å². The average Bonchev–Trinajstić information content (AvgIpc) is 2.49. The van der Waals surface area contributed by atoms with Crippen molar-refractivity contribution in [1.82, 2.24) is 14.8 Å². The van der Waals surface area contributed by atoms with Gasteiger partial charge in [0.25, 0.3) is 0 Å². The normalized spacial score (nSPS) is 11.4. The quantitative estimate of drug-likeness (QED) is 0.667. The summed E-state index contributed by atoms with van der Waals surface area (Å²) in [5.41, 5.74) is 0.296. The second kappa shape index (κ2) is 2.92. The number of fused-ring (bicyclic) bond motifs is 1. The number of pyridine rings is 1. The molecular weight excluding hydrogens is 200 g/mol. The van der Waals surface area contributed by atoms with Crippen LogP contribution in [0.5, 0.6) is 0 Å². The van der Waals surface area contributed by atoms with Crippen molar-refractivity contribution in [2.75, 3.05) is 0 Å². The molecule has 3 nitrogen and oxygen atoms in total. The minimum atomic E-state index is -2.65. The van der Waals surface area contributed by atoms with Gasteiger partial charge in [0.1, 0.15) is 5.52 Å². The zero-order valence-electron chi connectivity index (χ0n) is 6.28. The molecule has 2 heterocycles. The molecule has 2 aromatic heterocycles. The van der Waals surface area contributed by atoms with Crippen LogP contribution in [0.4, 0.5) is 8.78 Å². The number of aromatic nitrogens is 3. The lowest BCUT2D eigenvalue weighted by molar-refractivity contribution is 0.0574. The first-order chi connectivity index (χ1) is 6.18. The largest absolute Gasteiger partial charge is 0.333 e. The van der Waals surface area contributed by atoms with Crippen LogP contribution < -0.4 is 0 Å². The fourth-order valence-electron chi connectivity index (χ4n) is 1.03. The Bertz CT molecular complexity index is 440. The summed E-state index contributed by atoms with van der Waals surface area (Å²) >= 11 is 5.64. The van der Waals surface area contributed by atoms with Crippen molar-refractivity contribution in [2.24, 2.45) is 0 Å². The Labute approximate surface area is 76.9 Å². The molecule has 0 spiro atoms. The Morgan fingerprint density at radius 3 is 2.85 bits per heavy atom. The molecule has 0 N–H and O–H groups in total.